The number of hydrogen-bond acceptors (Lipinski definition) is 2. The number of piperidine rings is 1. The lowest BCUT2D eigenvalue weighted by Crippen LogP contribution is -2.33. The van der Waals surface area contributed by atoms with Crippen molar-refractivity contribution in [1.29, 1.82) is 0 Å². The Hall–Kier alpha value is -1.05. The van der Waals surface area contributed by atoms with E-state index in [0.717, 1.165) is 25.4 Å². The highest BCUT2D eigenvalue weighted by atomic mass is 15.1. The number of pyridine rings is 1. The van der Waals surface area contributed by atoms with Crippen molar-refractivity contribution in [2.45, 2.75) is 19.3 Å². The van der Waals surface area contributed by atoms with Gasteiger partial charge in [-0.3, -0.25) is 4.98 Å². The molecule has 2 rings (SSSR count). The Balaban J connectivity index is 1.96. The number of aromatic nitrogens is 1. The van der Waals surface area contributed by atoms with Crippen molar-refractivity contribution < 1.29 is 0 Å². The van der Waals surface area contributed by atoms with E-state index in [1.807, 2.05) is 18.5 Å². The number of nitrogens with zero attached hydrogens (tertiary/aromatic N) is 2. The molecule has 74 valence electrons. The third-order valence-corrected chi connectivity index (χ3v) is 2.96. The van der Waals surface area contributed by atoms with Gasteiger partial charge in [-0.15, -0.1) is 0 Å². The van der Waals surface area contributed by atoms with Gasteiger partial charge in [0.15, 0.2) is 0 Å². The van der Waals surface area contributed by atoms with Crippen LogP contribution in [0.5, 0.6) is 0 Å². The van der Waals surface area contributed by atoms with Gasteiger partial charge in [-0.05, 0) is 44.2 Å². The van der Waals surface area contributed by atoms with Gasteiger partial charge in [0.2, 0.25) is 0 Å². The number of rotatable bonds is 2. The molecule has 0 bridgehead atoms. The molecule has 0 N–H and O–H groups in total. The largest absolute Gasteiger partial charge is 0.370 e. The second-order valence-corrected chi connectivity index (χ2v) is 3.88. The Morgan fingerprint density at radius 1 is 1.43 bits per heavy atom. The predicted octanol–water partition coefficient (Wildman–Crippen LogP) is 2.40. The zero-order valence-electron chi connectivity index (χ0n) is 8.39. The third-order valence-electron chi connectivity index (χ3n) is 2.96. The van der Waals surface area contributed by atoms with Gasteiger partial charge in [-0.2, -0.15) is 0 Å². The summed E-state index contributed by atoms with van der Waals surface area (Å²) >= 11 is 0. The van der Waals surface area contributed by atoms with Gasteiger partial charge in [-0.25, -0.2) is 0 Å². The summed E-state index contributed by atoms with van der Waals surface area (Å²) in [5.41, 5.74) is 1.24. The second kappa shape index (κ2) is 4.45. The molecule has 1 aromatic rings. The second-order valence-electron chi connectivity index (χ2n) is 3.88. The van der Waals surface area contributed by atoms with Gasteiger partial charge in [-0.1, -0.05) is 0 Å². The summed E-state index contributed by atoms with van der Waals surface area (Å²) in [6, 6.07) is 4.11. The molecule has 1 aliphatic rings. The number of hydrogen-bond donors (Lipinski definition) is 0. The van der Waals surface area contributed by atoms with Gasteiger partial charge in [0.1, 0.15) is 0 Å². The van der Waals surface area contributed by atoms with Gasteiger partial charge in [0.05, 0.1) is 11.9 Å². The van der Waals surface area contributed by atoms with Gasteiger partial charge < -0.3 is 4.90 Å². The smallest absolute Gasteiger partial charge is 0.0552 e. The minimum Gasteiger partial charge on any atom is -0.370 e. The van der Waals surface area contributed by atoms with Crippen LogP contribution in [-0.2, 0) is 0 Å². The Bertz CT molecular complexity index is 263. The minimum absolute atomic E-state index is 0.725. The molecule has 1 aromatic heterocycles. The Morgan fingerprint density at radius 3 is 2.79 bits per heavy atom. The average molecular weight is 188 g/mol. The first-order chi connectivity index (χ1) is 6.90. The molecule has 0 saturated carbocycles. The third kappa shape index (κ3) is 2.06. The van der Waals surface area contributed by atoms with Crippen molar-refractivity contribution in [3.8, 4) is 0 Å². The van der Waals surface area contributed by atoms with E-state index in [2.05, 4.69) is 16.0 Å². The lowest BCUT2D eigenvalue weighted by molar-refractivity contribution is 0.408. The monoisotopic (exact) mass is 188 g/mol. The minimum atomic E-state index is 0.725. The van der Waals surface area contributed by atoms with Gasteiger partial charge >= 0.3 is 0 Å². The summed E-state index contributed by atoms with van der Waals surface area (Å²) in [5.74, 6) is 0.725. The highest BCUT2D eigenvalue weighted by Gasteiger charge is 2.17. The summed E-state index contributed by atoms with van der Waals surface area (Å²) in [6.45, 7) is 7.89. The molecule has 0 spiro atoms. The highest BCUT2D eigenvalue weighted by molar-refractivity contribution is 5.43. The van der Waals surface area contributed by atoms with Crippen LogP contribution in [0.4, 0.5) is 5.69 Å². The van der Waals surface area contributed by atoms with Crippen molar-refractivity contribution in [2.24, 2.45) is 5.92 Å². The molecule has 0 aromatic carbocycles. The SMILES string of the molecule is [CH]CC1CCN(c2cccnc2)CC1. The molecule has 0 amide bonds. The van der Waals surface area contributed by atoms with Crippen LogP contribution in [0.25, 0.3) is 0 Å². The normalized spacial score (nSPS) is 18.5. The zero-order chi connectivity index (χ0) is 9.80. The maximum Gasteiger partial charge on any atom is 0.0552 e. The molecule has 0 unspecified atom stereocenters. The van der Waals surface area contributed by atoms with Crippen molar-refractivity contribution >= 4 is 5.69 Å². The quantitative estimate of drug-likeness (QED) is 0.708. The van der Waals surface area contributed by atoms with Crippen molar-refractivity contribution in [1.82, 2.24) is 4.98 Å². The topological polar surface area (TPSA) is 16.1 Å². The van der Waals surface area contributed by atoms with Gasteiger partial charge in [0, 0.05) is 19.3 Å². The van der Waals surface area contributed by atoms with Crippen LogP contribution in [-0.4, -0.2) is 18.1 Å². The average Bonchev–Trinajstić information content (AvgIpc) is 2.30. The first kappa shape index (κ1) is 9.50. The molecule has 2 radical (unpaired) electrons. The molecule has 0 aliphatic carbocycles. The first-order valence-electron chi connectivity index (χ1n) is 5.25. The summed E-state index contributed by atoms with van der Waals surface area (Å²) in [7, 11) is 0. The van der Waals surface area contributed by atoms with E-state index < -0.39 is 0 Å². The van der Waals surface area contributed by atoms with E-state index in [1.54, 1.807) is 0 Å². The molecular formula is C12H16N2. The molecule has 0 atom stereocenters. The van der Waals surface area contributed by atoms with E-state index in [1.165, 1.54) is 18.5 Å². The maximum absolute atomic E-state index is 5.66. The molecular weight excluding hydrogens is 172 g/mol. The highest BCUT2D eigenvalue weighted by Crippen LogP contribution is 2.23. The first-order valence-corrected chi connectivity index (χ1v) is 5.25. The van der Waals surface area contributed by atoms with E-state index in [0.29, 0.717) is 0 Å². The van der Waals surface area contributed by atoms with Crippen LogP contribution in [0.3, 0.4) is 0 Å². The predicted molar refractivity (Wildman–Crippen MR) is 58.1 cm³/mol. The lowest BCUT2D eigenvalue weighted by Gasteiger charge is -2.32. The molecule has 1 fully saturated rings. The van der Waals surface area contributed by atoms with Crippen LogP contribution in [0.1, 0.15) is 19.3 Å². The molecule has 1 saturated heterocycles. The van der Waals surface area contributed by atoms with Crippen LogP contribution in [0.2, 0.25) is 0 Å². The van der Waals surface area contributed by atoms with Crippen LogP contribution in [0, 0.1) is 12.8 Å². The van der Waals surface area contributed by atoms with Crippen molar-refractivity contribution in [3.05, 3.63) is 31.5 Å². The molecule has 2 heterocycles. The molecule has 2 heteroatoms. The summed E-state index contributed by atoms with van der Waals surface area (Å²) in [6.07, 6.45) is 7.01. The van der Waals surface area contributed by atoms with Crippen molar-refractivity contribution in [3.63, 3.8) is 0 Å². The van der Waals surface area contributed by atoms with Gasteiger partial charge in [0.25, 0.3) is 0 Å². The fraction of sp³-hybridized carbons (Fsp3) is 0.500. The lowest BCUT2D eigenvalue weighted by atomic mass is 9.94. The van der Waals surface area contributed by atoms with Crippen molar-refractivity contribution in [2.75, 3.05) is 18.0 Å². The van der Waals surface area contributed by atoms with Crippen LogP contribution < -0.4 is 4.90 Å². The summed E-state index contributed by atoms with van der Waals surface area (Å²) in [4.78, 5) is 6.52. The molecule has 1 aliphatic heterocycles. The summed E-state index contributed by atoms with van der Waals surface area (Å²) in [5, 5.41) is 0. The van der Waals surface area contributed by atoms with Crippen LogP contribution in [0.15, 0.2) is 24.5 Å². The zero-order valence-corrected chi connectivity index (χ0v) is 8.39. The maximum atomic E-state index is 5.66. The van der Waals surface area contributed by atoms with E-state index in [9.17, 15) is 0 Å². The fourth-order valence-corrected chi connectivity index (χ4v) is 1.97. The summed E-state index contributed by atoms with van der Waals surface area (Å²) < 4.78 is 0. The van der Waals surface area contributed by atoms with E-state index >= 15 is 0 Å². The molecule has 14 heavy (non-hydrogen) atoms. The standard InChI is InChI=1S/C12H16N2/c1-2-11-5-8-14(9-6-11)12-4-3-7-13-10-12/h1,3-4,7,10-11H,2,5-6,8-9H2. The Labute approximate surface area is 86.0 Å². The van der Waals surface area contributed by atoms with Crippen LogP contribution >= 0.6 is 0 Å². The fourth-order valence-electron chi connectivity index (χ4n) is 1.97. The number of anilines is 1. The Kier molecular flexibility index (Phi) is 3.02. The van der Waals surface area contributed by atoms with E-state index in [4.69, 9.17) is 6.92 Å². The Morgan fingerprint density at radius 2 is 2.21 bits per heavy atom. The molecule has 2 nitrogen and oxygen atoms in total. The van der Waals surface area contributed by atoms with E-state index in [-0.39, 0.29) is 0 Å².